The van der Waals surface area contributed by atoms with E-state index in [0.717, 1.165) is 12.1 Å². The lowest BCUT2D eigenvalue weighted by molar-refractivity contribution is -0.140. The molecule has 14 heavy (non-hydrogen) atoms. The topological polar surface area (TPSA) is 64.1 Å². The highest BCUT2D eigenvalue weighted by atomic mass is 16.5. The lowest BCUT2D eigenvalue weighted by atomic mass is 10.3. The van der Waals surface area contributed by atoms with Gasteiger partial charge in [0.05, 0.1) is 25.2 Å². The van der Waals surface area contributed by atoms with Crippen LogP contribution in [0.5, 0.6) is 0 Å². The van der Waals surface area contributed by atoms with Crippen LogP contribution in [0.4, 0.5) is 5.69 Å². The molecule has 5 heteroatoms. The zero-order valence-corrected chi connectivity index (χ0v) is 8.06. The molecule has 0 aliphatic heterocycles. The number of anilines is 1. The van der Waals surface area contributed by atoms with E-state index in [1.807, 2.05) is 0 Å². The van der Waals surface area contributed by atoms with Gasteiger partial charge in [0.2, 0.25) is 0 Å². The van der Waals surface area contributed by atoms with Gasteiger partial charge in [-0.15, -0.1) is 0 Å². The van der Waals surface area contributed by atoms with Crippen LogP contribution in [-0.2, 0) is 9.53 Å². The second kappa shape index (κ2) is 5.90. The predicted molar refractivity (Wildman–Crippen MR) is 51.8 cm³/mol. The van der Waals surface area contributed by atoms with Crippen molar-refractivity contribution in [3.63, 3.8) is 0 Å². The quantitative estimate of drug-likeness (QED) is 0.557. The number of nitrogens with one attached hydrogen (secondary N) is 1. The van der Waals surface area contributed by atoms with E-state index in [2.05, 4.69) is 20.0 Å². The third-order valence-corrected chi connectivity index (χ3v) is 1.68. The molecule has 0 unspecified atom stereocenters. The lowest BCUT2D eigenvalue weighted by Crippen LogP contribution is -2.06. The maximum Gasteiger partial charge on any atom is 0.305 e. The normalized spacial score (nSPS) is 9.50. The van der Waals surface area contributed by atoms with Crippen LogP contribution in [0.15, 0.2) is 18.7 Å². The highest BCUT2D eigenvalue weighted by molar-refractivity contribution is 5.69. The third kappa shape index (κ3) is 3.84. The Kier molecular flexibility index (Phi) is 4.40. The number of esters is 1. The summed E-state index contributed by atoms with van der Waals surface area (Å²) >= 11 is 0. The molecule has 5 nitrogen and oxygen atoms in total. The molecular formula is C9H13N3O2. The Morgan fingerprint density at radius 1 is 1.50 bits per heavy atom. The summed E-state index contributed by atoms with van der Waals surface area (Å²) in [6.07, 6.45) is 6.01. The van der Waals surface area contributed by atoms with Crippen molar-refractivity contribution in [2.45, 2.75) is 12.8 Å². The van der Waals surface area contributed by atoms with Crippen LogP contribution in [0, 0.1) is 0 Å². The second-order valence-corrected chi connectivity index (χ2v) is 2.73. The predicted octanol–water partition coefficient (Wildman–Crippen LogP) is 0.842. The van der Waals surface area contributed by atoms with Crippen molar-refractivity contribution < 1.29 is 9.53 Å². The summed E-state index contributed by atoms with van der Waals surface area (Å²) in [6, 6.07) is 0. The fourth-order valence-electron chi connectivity index (χ4n) is 0.958. The molecule has 0 spiro atoms. The fourth-order valence-corrected chi connectivity index (χ4v) is 0.958. The number of carbonyl (C=O) groups excluding carboxylic acids is 1. The van der Waals surface area contributed by atoms with Gasteiger partial charge < -0.3 is 10.1 Å². The van der Waals surface area contributed by atoms with Crippen molar-refractivity contribution in [1.29, 1.82) is 0 Å². The Morgan fingerprint density at radius 2 is 2.21 bits per heavy atom. The van der Waals surface area contributed by atoms with Gasteiger partial charge in [0.15, 0.2) is 0 Å². The van der Waals surface area contributed by atoms with Crippen LogP contribution in [0.3, 0.4) is 0 Å². The summed E-state index contributed by atoms with van der Waals surface area (Å²) in [5.74, 6) is -0.184. The van der Waals surface area contributed by atoms with E-state index in [-0.39, 0.29) is 5.97 Å². The van der Waals surface area contributed by atoms with Gasteiger partial charge in [-0.25, -0.2) is 9.97 Å². The van der Waals surface area contributed by atoms with Crippen LogP contribution >= 0.6 is 0 Å². The number of carbonyl (C=O) groups is 1. The highest BCUT2D eigenvalue weighted by Crippen LogP contribution is 2.01. The van der Waals surface area contributed by atoms with Crippen molar-refractivity contribution in [1.82, 2.24) is 9.97 Å². The van der Waals surface area contributed by atoms with Gasteiger partial charge in [-0.05, 0) is 6.42 Å². The van der Waals surface area contributed by atoms with Crippen LogP contribution in [0.25, 0.3) is 0 Å². The van der Waals surface area contributed by atoms with Crippen molar-refractivity contribution in [2.24, 2.45) is 0 Å². The van der Waals surface area contributed by atoms with E-state index in [1.165, 1.54) is 13.4 Å². The Hall–Kier alpha value is -1.65. The average molecular weight is 195 g/mol. The van der Waals surface area contributed by atoms with E-state index in [1.54, 1.807) is 12.4 Å². The molecule has 0 aliphatic rings. The minimum absolute atomic E-state index is 0.184. The molecule has 1 aromatic heterocycles. The maximum atomic E-state index is 10.7. The van der Waals surface area contributed by atoms with E-state index in [9.17, 15) is 4.79 Å². The summed E-state index contributed by atoms with van der Waals surface area (Å²) in [4.78, 5) is 18.4. The van der Waals surface area contributed by atoms with Gasteiger partial charge in [0.25, 0.3) is 0 Å². The number of rotatable bonds is 5. The highest BCUT2D eigenvalue weighted by Gasteiger charge is 1.98. The number of nitrogens with zero attached hydrogens (tertiary/aromatic N) is 2. The summed E-state index contributed by atoms with van der Waals surface area (Å²) < 4.78 is 4.51. The molecule has 0 bridgehead atoms. The monoisotopic (exact) mass is 195 g/mol. The van der Waals surface area contributed by atoms with Crippen molar-refractivity contribution >= 4 is 11.7 Å². The van der Waals surface area contributed by atoms with Crippen LogP contribution in [0.2, 0.25) is 0 Å². The van der Waals surface area contributed by atoms with Crippen molar-refractivity contribution in [3.05, 3.63) is 18.7 Å². The maximum absolute atomic E-state index is 10.7. The number of aromatic nitrogens is 2. The first-order chi connectivity index (χ1) is 6.83. The fraction of sp³-hybridized carbons (Fsp3) is 0.444. The van der Waals surface area contributed by atoms with Crippen molar-refractivity contribution in [3.8, 4) is 0 Å². The number of methoxy groups -OCH3 is 1. The first kappa shape index (κ1) is 10.4. The molecule has 0 saturated heterocycles. The first-order valence-corrected chi connectivity index (χ1v) is 4.38. The number of hydrogen-bond acceptors (Lipinski definition) is 5. The molecule has 0 saturated carbocycles. The van der Waals surface area contributed by atoms with E-state index >= 15 is 0 Å². The molecule has 0 atom stereocenters. The first-order valence-electron chi connectivity index (χ1n) is 4.38. The molecule has 0 radical (unpaired) electrons. The van der Waals surface area contributed by atoms with E-state index in [4.69, 9.17) is 0 Å². The van der Waals surface area contributed by atoms with Crippen LogP contribution < -0.4 is 5.32 Å². The Bertz CT molecular complexity index is 277. The van der Waals surface area contributed by atoms with Crippen LogP contribution in [0.1, 0.15) is 12.8 Å². The summed E-state index contributed by atoms with van der Waals surface area (Å²) in [5.41, 5.74) is 0.859. The second-order valence-electron chi connectivity index (χ2n) is 2.73. The van der Waals surface area contributed by atoms with Gasteiger partial charge in [-0.1, -0.05) is 0 Å². The van der Waals surface area contributed by atoms with Gasteiger partial charge in [-0.3, -0.25) is 4.79 Å². The Balaban J connectivity index is 2.13. The summed E-state index contributed by atoms with van der Waals surface area (Å²) in [6.45, 7) is 0.711. The Labute approximate surface area is 82.5 Å². The van der Waals surface area contributed by atoms with E-state index in [0.29, 0.717) is 13.0 Å². The standard InChI is InChI=1S/C9H13N3O2/c1-14-9(13)3-2-4-12-8-5-10-7-11-6-8/h5-7,12H,2-4H2,1H3. The van der Waals surface area contributed by atoms with Gasteiger partial charge in [-0.2, -0.15) is 0 Å². The van der Waals surface area contributed by atoms with E-state index < -0.39 is 0 Å². The lowest BCUT2D eigenvalue weighted by Gasteiger charge is -2.03. The van der Waals surface area contributed by atoms with Crippen molar-refractivity contribution in [2.75, 3.05) is 19.0 Å². The SMILES string of the molecule is COC(=O)CCCNc1cncnc1. The minimum atomic E-state index is -0.184. The molecule has 1 heterocycles. The zero-order chi connectivity index (χ0) is 10.2. The largest absolute Gasteiger partial charge is 0.469 e. The molecule has 0 fully saturated rings. The van der Waals surface area contributed by atoms with Gasteiger partial charge in [0.1, 0.15) is 6.33 Å². The number of ether oxygens (including phenoxy) is 1. The van der Waals surface area contributed by atoms with Crippen LogP contribution in [-0.4, -0.2) is 29.6 Å². The smallest absolute Gasteiger partial charge is 0.305 e. The third-order valence-electron chi connectivity index (χ3n) is 1.68. The molecule has 0 aliphatic carbocycles. The molecule has 1 N–H and O–H groups in total. The Morgan fingerprint density at radius 3 is 2.86 bits per heavy atom. The molecule has 1 aromatic rings. The summed E-state index contributed by atoms with van der Waals surface area (Å²) in [7, 11) is 1.39. The average Bonchev–Trinajstić information content (AvgIpc) is 2.25. The number of hydrogen-bond donors (Lipinski definition) is 1. The summed E-state index contributed by atoms with van der Waals surface area (Å²) in [5, 5.41) is 3.09. The minimum Gasteiger partial charge on any atom is -0.469 e. The molecule has 1 rings (SSSR count). The van der Waals surface area contributed by atoms with Gasteiger partial charge >= 0.3 is 5.97 Å². The zero-order valence-electron chi connectivity index (χ0n) is 8.06. The molecule has 0 amide bonds. The molecular weight excluding hydrogens is 182 g/mol. The molecule has 76 valence electrons. The van der Waals surface area contributed by atoms with Gasteiger partial charge in [0, 0.05) is 13.0 Å². The molecule has 0 aromatic carbocycles.